The molecule has 28 heavy (non-hydrogen) atoms. The second-order valence-corrected chi connectivity index (χ2v) is 9.42. The number of aliphatic hydroxyl groups is 1. The average molecular weight is 402 g/mol. The minimum atomic E-state index is -0.511. The lowest BCUT2D eigenvalue weighted by molar-refractivity contribution is 0.253. The summed E-state index contributed by atoms with van der Waals surface area (Å²) in [5.74, 6) is -0.998. The molecule has 0 bridgehead atoms. The topological polar surface area (TPSA) is 75.1 Å². The van der Waals surface area contributed by atoms with E-state index in [1.165, 1.54) is 11.0 Å². The van der Waals surface area contributed by atoms with Gasteiger partial charge in [-0.3, -0.25) is 14.3 Å². The first-order valence-electron chi connectivity index (χ1n) is 9.98. The molecular formula is C21H23FN2O3S. The number of nitrogens with zero attached hydrogens (tertiary/aromatic N) is 1. The van der Waals surface area contributed by atoms with Crippen LogP contribution in [-0.2, 0) is 6.42 Å². The molecule has 5 nitrogen and oxygen atoms in total. The van der Waals surface area contributed by atoms with Gasteiger partial charge in [-0.05, 0) is 49.8 Å². The van der Waals surface area contributed by atoms with Crippen LogP contribution < -0.4 is 11.2 Å². The summed E-state index contributed by atoms with van der Waals surface area (Å²) in [6.45, 7) is 2.03. The van der Waals surface area contributed by atoms with E-state index in [0.717, 1.165) is 42.5 Å². The van der Waals surface area contributed by atoms with E-state index in [0.29, 0.717) is 5.69 Å². The van der Waals surface area contributed by atoms with E-state index in [1.54, 1.807) is 15.9 Å². The number of hydrogen-bond acceptors (Lipinski definition) is 4. The van der Waals surface area contributed by atoms with Gasteiger partial charge >= 0.3 is 5.69 Å². The molecule has 3 atom stereocenters. The molecule has 0 saturated heterocycles. The normalized spacial score (nSPS) is 26.5. The van der Waals surface area contributed by atoms with Gasteiger partial charge in [0.25, 0.3) is 5.56 Å². The van der Waals surface area contributed by atoms with Crippen LogP contribution in [-0.4, -0.2) is 21.3 Å². The number of aryl methyl sites for hydroxylation is 1. The summed E-state index contributed by atoms with van der Waals surface area (Å²) < 4.78 is 16.9. The lowest BCUT2D eigenvalue weighted by atomic mass is 9.80. The smallest absolute Gasteiger partial charge is 0.328 e. The van der Waals surface area contributed by atoms with Gasteiger partial charge in [-0.15, -0.1) is 11.3 Å². The Kier molecular flexibility index (Phi) is 4.21. The number of H-pyrrole nitrogens is 1. The molecule has 0 radical (unpaired) electrons. The van der Waals surface area contributed by atoms with Crippen LogP contribution in [0.15, 0.2) is 21.5 Å². The standard InChI is InChI=1S/C21H23FN2O3S/c1-10-18(17-8-13-11(9-25)3-2-4-16(13)28-17)15(22)7-14-19(10)24(12-5-6-12)21(27)23-20(14)26/h7-8,10-12,18,25H,2-6,9H2,1H3,(H,23,26,27). The predicted octanol–water partition coefficient (Wildman–Crippen LogP) is 3.56. The molecule has 0 amide bonds. The molecule has 2 N–H and O–H groups in total. The van der Waals surface area contributed by atoms with Crippen LogP contribution in [0.4, 0.5) is 4.39 Å². The van der Waals surface area contributed by atoms with Crippen LogP contribution in [0.25, 0.3) is 6.08 Å². The van der Waals surface area contributed by atoms with Crippen LogP contribution in [0.3, 0.4) is 0 Å². The van der Waals surface area contributed by atoms with Gasteiger partial charge in [0.05, 0.1) is 11.5 Å². The van der Waals surface area contributed by atoms with Gasteiger partial charge in [-0.2, -0.15) is 0 Å². The summed E-state index contributed by atoms with van der Waals surface area (Å²) in [4.78, 5) is 29.3. The minimum absolute atomic E-state index is 0.103. The molecule has 1 fully saturated rings. The number of aromatic amines is 1. The Hall–Kier alpha value is -1.99. The van der Waals surface area contributed by atoms with Gasteiger partial charge in [0.1, 0.15) is 5.83 Å². The molecule has 0 spiro atoms. The van der Waals surface area contributed by atoms with E-state index in [2.05, 4.69) is 4.98 Å². The van der Waals surface area contributed by atoms with Crippen molar-refractivity contribution in [2.24, 2.45) is 0 Å². The third-order valence-electron chi connectivity index (χ3n) is 6.43. The number of rotatable bonds is 3. The highest BCUT2D eigenvalue weighted by molar-refractivity contribution is 7.12. The number of aromatic nitrogens is 2. The van der Waals surface area contributed by atoms with Crippen molar-refractivity contribution in [1.82, 2.24) is 9.55 Å². The largest absolute Gasteiger partial charge is 0.396 e. The molecule has 1 saturated carbocycles. The third kappa shape index (κ3) is 2.67. The first-order valence-corrected chi connectivity index (χ1v) is 10.8. The highest BCUT2D eigenvalue weighted by Crippen LogP contribution is 2.50. The fraction of sp³-hybridized carbons (Fsp3) is 0.524. The molecule has 5 rings (SSSR count). The lowest BCUT2D eigenvalue weighted by Crippen LogP contribution is -2.37. The Morgan fingerprint density at radius 1 is 1.32 bits per heavy atom. The van der Waals surface area contributed by atoms with Crippen LogP contribution in [0.5, 0.6) is 0 Å². The molecule has 3 aliphatic carbocycles. The molecule has 0 aromatic carbocycles. The van der Waals surface area contributed by atoms with Crippen LogP contribution >= 0.6 is 11.3 Å². The number of thiophene rings is 1. The van der Waals surface area contributed by atoms with Gasteiger partial charge < -0.3 is 5.11 Å². The Morgan fingerprint density at radius 3 is 2.82 bits per heavy atom. The Balaban J connectivity index is 1.65. The first-order chi connectivity index (χ1) is 13.5. The van der Waals surface area contributed by atoms with Crippen molar-refractivity contribution >= 4 is 17.4 Å². The molecule has 148 valence electrons. The lowest BCUT2D eigenvalue weighted by Gasteiger charge is -2.29. The van der Waals surface area contributed by atoms with Crippen molar-refractivity contribution in [2.75, 3.05) is 6.61 Å². The summed E-state index contributed by atoms with van der Waals surface area (Å²) >= 11 is 1.62. The Morgan fingerprint density at radius 2 is 2.11 bits per heavy atom. The van der Waals surface area contributed by atoms with E-state index in [4.69, 9.17) is 0 Å². The third-order valence-corrected chi connectivity index (χ3v) is 7.72. The second kappa shape index (κ2) is 6.52. The monoisotopic (exact) mass is 402 g/mol. The second-order valence-electron chi connectivity index (χ2n) is 8.25. The van der Waals surface area contributed by atoms with Gasteiger partial charge in [0.15, 0.2) is 0 Å². The van der Waals surface area contributed by atoms with Crippen LogP contribution in [0.2, 0.25) is 0 Å². The van der Waals surface area contributed by atoms with E-state index in [1.807, 2.05) is 13.0 Å². The van der Waals surface area contributed by atoms with Crippen molar-refractivity contribution in [2.45, 2.75) is 62.8 Å². The predicted molar refractivity (Wildman–Crippen MR) is 107 cm³/mol. The number of fused-ring (bicyclic) bond motifs is 2. The van der Waals surface area contributed by atoms with Gasteiger partial charge in [-0.25, -0.2) is 9.18 Å². The summed E-state index contributed by atoms with van der Waals surface area (Å²) in [5, 5.41) is 9.70. The summed E-state index contributed by atoms with van der Waals surface area (Å²) in [6, 6.07) is 2.15. The SMILES string of the molecule is CC1c2c(c(=O)[nH]c(=O)n2C2CC2)C=C(F)C1c1cc2c(s1)CCCC2CO. The quantitative estimate of drug-likeness (QED) is 0.824. The van der Waals surface area contributed by atoms with Gasteiger partial charge in [0.2, 0.25) is 0 Å². The number of halogens is 1. The molecule has 7 heteroatoms. The molecule has 3 aliphatic rings. The summed E-state index contributed by atoms with van der Waals surface area (Å²) in [7, 11) is 0. The zero-order valence-electron chi connectivity index (χ0n) is 15.7. The van der Waals surface area contributed by atoms with E-state index < -0.39 is 17.2 Å². The number of nitrogens with one attached hydrogen (secondary N) is 1. The molecule has 3 unspecified atom stereocenters. The Bertz CT molecular complexity index is 1090. The Labute approximate surface area is 165 Å². The van der Waals surface area contributed by atoms with Gasteiger partial charge in [-0.1, -0.05) is 6.92 Å². The summed E-state index contributed by atoms with van der Waals surface area (Å²) in [5.41, 5.74) is 1.18. The van der Waals surface area contributed by atoms with Crippen LogP contribution in [0.1, 0.15) is 83.0 Å². The highest BCUT2D eigenvalue weighted by Gasteiger charge is 2.39. The molecule has 2 aromatic heterocycles. The van der Waals surface area contributed by atoms with Crippen molar-refractivity contribution in [1.29, 1.82) is 0 Å². The van der Waals surface area contributed by atoms with E-state index >= 15 is 4.39 Å². The van der Waals surface area contributed by atoms with Crippen molar-refractivity contribution in [3.05, 3.63) is 59.3 Å². The highest BCUT2D eigenvalue weighted by atomic mass is 32.1. The molecule has 0 aliphatic heterocycles. The molecule has 2 heterocycles. The van der Waals surface area contributed by atoms with E-state index in [-0.39, 0.29) is 35.9 Å². The fourth-order valence-corrected chi connectivity index (χ4v) is 6.40. The zero-order valence-corrected chi connectivity index (χ0v) is 16.5. The van der Waals surface area contributed by atoms with Crippen molar-refractivity contribution < 1.29 is 9.50 Å². The number of hydrogen-bond donors (Lipinski definition) is 2. The molecular weight excluding hydrogens is 379 g/mol. The maximum absolute atomic E-state index is 15.2. The number of allylic oxidation sites excluding steroid dienone is 1. The summed E-state index contributed by atoms with van der Waals surface area (Å²) in [6.07, 6.45) is 6.10. The maximum Gasteiger partial charge on any atom is 0.328 e. The van der Waals surface area contributed by atoms with Crippen LogP contribution in [0, 0.1) is 0 Å². The number of aliphatic hydroxyl groups excluding tert-OH is 1. The molecule has 2 aromatic rings. The van der Waals surface area contributed by atoms with Crippen molar-refractivity contribution in [3.8, 4) is 0 Å². The fourth-order valence-electron chi connectivity index (χ4n) is 4.90. The zero-order chi connectivity index (χ0) is 19.6. The maximum atomic E-state index is 15.2. The first kappa shape index (κ1) is 18.1. The average Bonchev–Trinajstić information content (AvgIpc) is 3.40. The van der Waals surface area contributed by atoms with E-state index in [9.17, 15) is 14.7 Å². The minimum Gasteiger partial charge on any atom is -0.396 e. The van der Waals surface area contributed by atoms with Crippen molar-refractivity contribution in [3.63, 3.8) is 0 Å². The van der Waals surface area contributed by atoms with Gasteiger partial charge in [0, 0.05) is 39.9 Å².